The maximum atomic E-state index is 13.4. The molecule has 1 fully saturated rings. The zero-order valence-corrected chi connectivity index (χ0v) is 21.7. The van der Waals surface area contributed by atoms with Crippen LogP contribution in [0.3, 0.4) is 0 Å². The Morgan fingerprint density at radius 1 is 1.17 bits per heavy atom. The van der Waals surface area contributed by atoms with Gasteiger partial charge in [-0.25, -0.2) is 0 Å². The van der Waals surface area contributed by atoms with Gasteiger partial charge in [0, 0.05) is 30.1 Å². The van der Waals surface area contributed by atoms with Crippen molar-refractivity contribution in [2.75, 3.05) is 6.61 Å². The summed E-state index contributed by atoms with van der Waals surface area (Å²) >= 11 is 6.86. The summed E-state index contributed by atoms with van der Waals surface area (Å²) in [6.45, 7) is 5.90. The molecule has 1 aromatic heterocycles. The second-order valence-electron chi connectivity index (χ2n) is 9.47. The van der Waals surface area contributed by atoms with Crippen molar-refractivity contribution in [1.29, 1.82) is 0 Å². The van der Waals surface area contributed by atoms with Crippen molar-refractivity contribution in [3.8, 4) is 5.75 Å². The minimum atomic E-state index is -4.40. The van der Waals surface area contributed by atoms with Gasteiger partial charge in [0.2, 0.25) is 0 Å². The topological polar surface area (TPSA) is 40.5 Å². The van der Waals surface area contributed by atoms with Crippen LogP contribution in [0.2, 0.25) is 5.02 Å². The average molecular weight is 522 g/mol. The quantitative estimate of drug-likeness (QED) is 0.304. The maximum absolute atomic E-state index is 13.4. The molecular weight excluding hydrogens is 491 g/mol. The standard InChI is InChI=1S/C28H31ClF3NO3/c1-5-17-8-10-25(36-21-9-7-18(12-21)27(34)35-6-2)26(29)23(17)15-20-14-22-16(3)11-19(28(30,31)32)13-24(22)33(20)4/h8,10-11,13-14,18,21H,5-7,9,12,15H2,1-4H3/t18-,21+/m1/s1. The summed E-state index contributed by atoms with van der Waals surface area (Å²) in [6, 6.07) is 8.19. The lowest BCUT2D eigenvalue weighted by atomic mass is 10.00. The van der Waals surface area contributed by atoms with Gasteiger partial charge in [0.1, 0.15) is 5.75 Å². The second-order valence-corrected chi connectivity index (χ2v) is 9.84. The number of benzene rings is 2. The van der Waals surface area contributed by atoms with E-state index in [1.807, 2.05) is 29.7 Å². The molecule has 0 bridgehead atoms. The van der Waals surface area contributed by atoms with Crippen LogP contribution in [0.1, 0.15) is 61.1 Å². The molecule has 1 aliphatic carbocycles. The molecule has 3 aromatic rings. The number of halogens is 4. The lowest BCUT2D eigenvalue weighted by Crippen LogP contribution is -2.18. The molecule has 1 heterocycles. The van der Waals surface area contributed by atoms with Crippen LogP contribution in [-0.2, 0) is 35.6 Å². The van der Waals surface area contributed by atoms with Crippen LogP contribution < -0.4 is 4.74 Å². The molecule has 0 aliphatic heterocycles. The molecule has 0 radical (unpaired) electrons. The molecule has 4 rings (SSSR count). The molecule has 2 aromatic carbocycles. The smallest absolute Gasteiger partial charge is 0.416 e. The van der Waals surface area contributed by atoms with Gasteiger partial charge < -0.3 is 14.0 Å². The Labute approximate surface area is 214 Å². The molecule has 0 unspecified atom stereocenters. The molecule has 1 saturated carbocycles. The van der Waals surface area contributed by atoms with Crippen molar-refractivity contribution in [2.24, 2.45) is 13.0 Å². The molecular formula is C28H31ClF3NO3. The van der Waals surface area contributed by atoms with E-state index in [0.717, 1.165) is 41.5 Å². The van der Waals surface area contributed by atoms with E-state index < -0.39 is 11.7 Å². The number of carbonyl (C=O) groups excluding carboxylic acids is 1. The van der Waals surface area contributed by atoms with E-state index in [2.05, 4.69) is 0 Å². The Kier molecular flexibility index (Phi) is 7.60. The highest BCUT2D eigenvalue weighted by Gasteiger charge is 2.33. The van der Waals surface area contributed by atoms with Gasteiger partial charge in [0.25, 0.3) is 0 Å². The molecule has 1 aliphatic rings. The monoisotopic (exact) mass is 521 g/mol. The van der Waals surface area contributed by atoms with Gasteiger partial charge in [-0.1, -0.05) is 24.6 Å². The van der Waals surface area contributed by atoms with Crippen LogP contribution in [0.15, 0.2) is 30.3 Å². The molecule has 0 spiro atoms. The van der Waals surface area contributed by atoms with Crippen molar-refractivity contribution in [1.82, 2.24) is 4.57 Å². The number of alkyl halides is 3. The van der Waals surface area contributed by atoms with Crippen LogP contribution in [0.25, 0.3) is 10.9 Å². The third kappa shape index (κ3) is 5.22. The first kappa shape index (κ1) is 26.4. The van der Waals surface area contributed by atoms with Crippen LogP contribution >= 0.6 is 11.6 Å². The number of nitrogens with zero attached hydrogens (tertiary/aromatic N) is 1. The zero-order chi connectivity index (χ0) is 26.2. The summed E-state index contributed by atoms with van der Waals surface area (Å²) in [7, 11) is 1.78. The van der Waals surface area contributed by atoms with Crippen LogP contribution in [0.5, 0.6) is 5.75 Å². The third-order valence-corrected chi connectivity index (χ3v) is 7.55. The first-order valence-corrected chi connectivity index (χ1v) is 12.7. The van der Waals surface area contributed by atoms with E-state index in [4.69, 9.17) is 21.1 Å². The normalized spacial score (nSPS) is 18.1. The molecule has 0 saturated heterocycles. The summed E-state index contributed by atoms with van der Waals surface area (Å²) in [5, 5.41) is 1.30. The number of aromatic nitrogens is 1. The first-order chi connectivity index (χ1) is 17.0. The highest BCUT2D eigenvalue weighted by molar-refractivity contribution is 6.33. The molecule has 0 amide bonds. The predicted octanol–water partition coefficient (Wildman–Crippen LogP) is 7.42. The van der Waals surface area contributed by atoms with Crippen molar-refractivity contribution < 1.29 is 27.4 Å². The van der Waals surface area contributed by atoms with Crippen molar-refractivity contribution in [2.45, 2.75) is 65.2 Å². The third-order valence-electron chi connectivity index (χ3n) is 7.14. The first-order valence-electron chi connectivity index (χ1n) is 12.3. The van der Waals surface area contributed by atoms with Gasteiger partial charge in [-0.15, -0.1) is 0 Å². The van der Waals surface area contributed by atoms with Gasteiger partial charge >= 0.3 is 12.1 Å². The van der Waals surface area contributed by atoms with Crippen LogP contribution in [0, 0.1) is 12.8 Å². The Bertz CT molecular complexity index is 1280. The Morgan fingerprint density at radius 3 is 2.58 bits per heavy atom. The van der Waals surface area contributed by atoms with Crippen LogP contribution in [-0.4, -0.2) is 23.2 Å². The number of hydrogen-bond acceptors (Lipinski definition) is 3. The van der Waals surface area contributed by atoms with Gasteiger partial charge in [0.05, 0.1) is 29.2 Å². The molecule has 194 valence electrons. The van der Waals surface area contributed by atoms with Gasteiger partial charge in [-0.2, -0.15) is 13.2 Å². The second kappa shape index (κ2) is 10.4. The number of esters is 1. The fraction of sp³-hybridized carbons (Fsp3) is 0.464. The maximum Gasteiger partial charge on any atom is 0.416 e. The van der Waals surface area contributed by atoms with Gasteiger partial charge in [-0.05, 0) is 80.5 Å². The Morgan fingerprint density at radius 2 is 1.92 bits per heavy atom. The number of carbonyl (C=O) groups is 1. The fourth-order valence-electron chi connectivity index (χ4n) is 5.13. The average Bonchev–Trinajstić information content (AvgIpc) is 3.41. The lowest BCUT2D eigenvalue weighted by Gasteiger charge is -2.19. The van der Waals surface area contributed by atoms with Crippen molar-refractivity contribution >= 4 is 28.5 Å². The van der Waals surface area contributed by atoms with E-state index in [0.29, 0.717) is 41.3 Å². The predicted molar refractivity (Wildman–Crippen MR) is 135 cm³/mol. The minimum Gasteiger partial charge on any atom is -0.489 e. The fourth-order valence-corrected chi connectivity index (χ4v) is 5.43. The van der Waals surface area contributed by atoms with Crippen molar-refractivity contribution in [3.63, 3.8) is 0 Å². The number of fused-ring (bicyclic) bond motifs is 1. The molecule has 36 heavy (non-hydrogen) atoms. The van der Waals surface area contributed by atoms with E-state index in [1.54, 1.807) is 20.9 Å². The lowest BCUT2D eigenvalue weighted by molar-refractivity contribution is -0.148. The number of aryl methyl sites for hydroxylation is 3. The van der Waals surface area contributed by atoms with Crippen molar-refractivity contribution in [3.05, 3.63) is 63.3 Å². The molecule has 2 atom stereocenters. The summed E-state index contributed by atoms with van der Waals surface area (Å²) in [6.07, 6.45) is -1.26. The van der Waals surface area contributed by atoms with Gasteiger partial charge in [-0.3, -0.25) is 4.79 Å². The Balaban J connectivity index is 1.63. The number of ether oxygens (including phenoxy) is 2. The SMILES string of the molecule is CCOC(=O)[C@@H]1CC[C@H](Oc2ccc(CC)c(Cc3cc4c(C)cc(C(F)(F)F)cc4n3C)c2Cl)C1. The summed E-state index contributed by atoms with van der Waals surface area (Å²) in [4.78, 5) is 12.1. The summed E-state index contributed by atoms with van der Waals surface area (Å²) < 4.78 is 53.3. The highest BCUT2D eigenvalue weighted by Crippen LogP contribution is 2.38. The Hall–Kier alpha value is -2.67. The number of hydrogen-bond donors (Lipinski definition) is 0. The van der Waals surface area contributed by atoms with E-state index in [9.17, 15) is 18.0 Å². The summed E-state index contributed by atoms with van der Waals surface area (Å²) in [5.74, 6) is 0.216. The minimum absolute atomic E-state index is 0.127. The molecule has 8 heteroatoms. The molecule has 4 nitrogen and oxygen atoms in total. The molecule has 0 N–H and O–H groups in total. The largest absolute Gasteiger partial charge is 0.489 e. The summed E-state index contributed by atoms with van der Waals surface area (Å²) in [5.41, 5.74) is 3.29. The highest BCUT2D eigenvalue weighted by atomic mass is 35.5. The van der Waals surface area contributed by atoms with E-state index in [1.165, 1.54) is 12.1 Å². The zero-order valence-electron chi connectivity index (χ0n) is 21.0. The van der Waals surface area contributed by atoms with Gasteiger partial charge in [0.15, 0.2) is 0 Å². The van der Waals surface area contributed by atoms with Crippen LogP contribution in [0.4, 0.5) is 13.2 Å². The van der Waals surface area contributed by atoms with E-state index in [-0.39, 0.29) is 18.0 Å². The van der Waals surface area contributed by atoms with E-state index >= 15 is 0 Å². The number of rotatable bonds is 7.